The molecule has 0 radical (unpaired) electrons. The molecule has 6 heteroatoms. The molecule has 3 aliphatic rings. The van der Waals surface area contributed by atoms with E-state index in [0.717, 1.165) is 6.54 Å². The molecule has 1 aromatic carbocycles. The van der Waals surface area contributed by atoms with Crippen LogP contribution < -0.4 is 0 Å². The maximum atomic E-state index is 11.9. The van der Waals surface area contributed by atoms with E-state index in [1.54, 1.807) is 4.31 Å². The third-order valence-corrected chi connectivity index (χ3v) is 7.78. The van der Waals surface area contributed by atoms with Crippen LogP contribution in [-0.4, -0.2) is 66.8 Å². The second-order valence-corrected chi connectivity index (χ2v) is 10.1. The highest BCUT2D eigenvalue weighted by atomic mass is 32.2. The van der Waals surface area contributed by atoms with Crippen LogP contribution in [0.3, 0.4) is 0 Å². The topological polar surface area (TPSA) is 60.9 Å². The molecule has 4 rings (SSSR count). The Labute approximate surface area is 150 Å². The lowest BCUT2D eigenvalue weighted by Gasteiger charge is -2.70. The van der Waals surface area contributed by atoms with Crippen molar-refractivity contribution in [1.29, 1.82) is 0 Å². The summed E-state index contributed by atoms with van der Waals surface area (Å²) in [4.78, 5) is 2.43. The summed E-state index contributed by atoms with van der Waals surface area (Å²) in [6.07, 6.45) is 6.41. The van der Waals surface area contributed by atoms with Crippen LogP contribution >= 0.6 is 0 Å². The Morgan fingerprint density at radius 2 is 1.80 bits per heavy atom. The molecule has 0 aromatic heterocycles. The van der Waals surface area contributed by atoms with Crippen LogP contribution in [-0.2, 0) is 10.0 Å². The van der Waals surface area contributed by atoms with E-state index in [1.165, 1.54) is 37.5 Å². The van der Waals surface area contributed by atoms with E-state index in [1.807, 2.05) is 18.2 Å². The average molecular weight is 365 g/mol. The van der Waals surface area contributed by atoms with Gasteiger partial charge in [-0.3, -0.25) is 4.90 Å². The molecule has 138 valence electrons. The molecular weight excluding hydrogens is 336 g/mol. The molecular formula is C19H28N2O3S. The second kappa shape index (κ2) is 6.34. The summed E-state index contributed by atoms with van der Waals surface area (Å²) in [5.74, 6) is 0.896. The third kappa shape index (κ3) is 2.83. The first-order valence-corrected chi connectivity index (χ1v) is 11.2. The molecule has 2 saturated heterocycles. The van der Waals surface area contributed by atoms with E-state index in [9.17, 15) is 13.5 Å². The molecule has 2 heterocycles. The lowest BCUT2D eigenvalue weighted by Crippen LogP contribution is -2.85. The van der Waals surface area contributed by atoms with E-state index in [0.29, 0.717) is 19.0 Å². The number of rotatable bonds is 5. The Kier molecular flexibility index (Phi) is 4.43. The Morgan fingerprint density at radius 3 is 2.36 bits per heavy atom. The van der Waals surface area contributed by atoms with Gasteiger partial charge in [-0.25, -0.2) is 8.42 Å². The molecule has 25 heavy (non-hydrogen) atoms. The van der Waals surface area contributed by atoms with E-state index in [2.05, 4.69) is 17.0 Å². The molecule has 3 fully saturated rings. The Bertz CT molecular complexity index is 709. The van der Waals surface area contributed by atoms with Gasteiger partial charge in [-0.05, 0) is 24.3 Å². The van der Waals surface area contributed by atoms with E-state index in [4.69, 9.17) is 0 Å². The summed E-state index contributed by atoms with van der Waals surface area (Å²) in [6.45, 7) is 2.22. The van der Waals surface area contributed by atoms with Crippen LogP contribution in [0.4, 0.5) is 0 Å². The Morgan fingerprint density at radius 1 is 1.16 bits per heavy atom. The summed E-state index contributed by atoms with van der Waals surface area (Å²) in [7, 11) is -3.15. The van der Waals surface area contributed by atoms with Crippen LogP contribution in [0.1, 0.15) is 37.2 Å². The minimum absolute atomic E-state index is 0.102. The number of aliphatic hydroxyl groups is 1. The van der Waals surface area contributed by atoms with Crippen LogP contribution in [0, 0.1) is 5.92 Å². The molecule has 1 aliphatic carbocycles. The lowest BCUT2D eigenvalue weighted by molar-refractivity contribution is -0.175. The number of hydrogen-bond donors (Lipinski definition) is 1. The van der Waals surface area contributed by atoms with Crippen molar-refractivity contribution in [3.63, 3.8) is 0 Å². The van der Waals surface area contributed by atoms with Crippen molar-refractivity contribution >= 4 is 10.0 Å². The summed E-state index contributed by atoms with van der Waals surface area (Å²) >= 11 is 0. The first-order valence-electron chi connectivity index (χ1n) is 9.33. The first kappa shape index (κ1) is 17.5. The number of aliphatic hydroxyl groups excluding tert-OH is 1. The van der Waals surface area contributed by atoms with Crippen LogP contribution in [0.2, 0.25) is 0 Å². The molecule has 1 saturated carbocycles. The highest BCUT2D eigenvalue weighted by Gasteiger charge is 2.66. The van der Waals surface area contributed by atoms with E-state index in [-0.39, 0.29) is 24.1 Å². The molecule has 2 aliphatic heterocycles. The number of likely N-dealkylation sites (tertiary alicyclic amines) is 1. The zero-order chi connectivity index (χ0) is 17.7. The largest absolute Gasteiger partial charge is 0.395 e. The van der Waals surface area contributed by atoms with Crippen molar-refractivity contribution in [2.45, 2.75) is 43.2 Å². The van der Waals surface area contributed by atoms with Gasteiger partial charge in [0.05, 0.1) is 18.4 Å². The van der Waals surface area contributed by atoms with Crippen LogP contribution in [0.15, 0.2) is 30.3 Å². The zero-order valence-corrected chi connectivity index (χ0v) is 15.7. The number of sulfonamides is 1. The monoisotopic (exact) mass is 364 g/mol. The SMILES string of the molecule is CS(=O)(=O)N1CC2(C1)[C@H](c1ccccc1)[C@H](CO)N2CC1CCCC1. The van der Waals surface area contributed by atoms with Gasteiger partial charge in [-0.1, -0.05) is 43.2 Å². The van der Waals surface area contributed by atoms with E-state index < -0.39 is 10.0 Å². The predicted molar refractivity (Wildman–Crippen MR) is 97.9 cm³/mol. The van der Waals surface area contributed by atoms with Gasteiger partial charge in [0.1, 0.15) is 0 Å². The fraction of sp³-hybridized carbons (Fsp3) is 0.684. The van der Waals surface area contributed by atoms with Gasteiger partial charge in [-0.2, -0.15) is 4.31 Å². The van der Waals surface area contributed by atoms with E-state index >= 15 is 0 Å². The Balaban J connectivity index is 1.61. The van der Waals surface area contributed by atoms with Gasteiger partial charge in [0.2, 0.25) is 10.0 Å². The summed E-state index contributed by atoms with van der Waals surface area (Å²) in [5.41, 5.74) is 1.08. The molecule has 1 spiro atoms. The van der Waals surface area contributed by atoms with Gasteiger partial charge in [-0.15, -0.1) is 0 Å². The minimum atomic E-state index is -3.15. The fourth-order valence-electron chi connectivity index (χ4n) is 5.33. The van der Waals surface area contributed by atoms with Gasteiger partial charge in [0, 0.05) is 31.6 Å². The number of benzene rings is 1. The van der Waals surface area contributed by atoms with Crippen molar-refractivity contribution in [1.82, 2.24) is 9.21 Å². The van der Waals surface area contributed by atoms with Crippen molar-refractivity contribution in [2.75, 3.05) is 32.5 Å². The second-order valence-electron chi connectivity index (χ2n) is 8.08. The fourth-order valence-corrected chi connectivity index (χ4v) is 6.24. The normalized spacial score (nSPS) is 30.3. The maximum absolute atomic E-state index is 11.9. The highest BCUT2D eigenvalue weighted by molar-refractivity contribution is 7.88. The quantitative estimate of drug-likeness (QED) is 0.863. The molecule has 2 atom stereocenters. The summed E-state index contributed by atoms with van der Waals surface area (Å²) in [6, 6.07) is 10.4. The predicted octanol–water partition coefficient (Wildman–Crippen LogP) is 1.65. The van der Waals surface area contributed by atoms with Crippen molar-refractivity contribution in [3.8, 4) is 0 Å². The molecule has 0 unspecified atom stereocenters. The average Bonchev–Trinajstić information content (AvgIpc) is 3.03. The van der Waals surface area contributed by atoms with Gasteiger partial charge >= 0.3 is 0 Å². The van der Waals surface area contributed by atoms with Crippen LogP contribution in [0.25, 0.3) is 0 Å². The standard InChI is InChI=1S/C19H28N2O3S/c1-25(23,24)20-13-19(14-20)18(16-9-3-2-4-10-16)17(12-22)21(19)11-15-7-5-6-8-15/h2-4,9-10,15,17-18,22H,5-8,11-14H2,1H3/t17-,18+/m0/s1. The van der Waals surface area contributed by atoms with Crippen molar-refractivity contribution in [2.24, 2.45) is 5.92 Å². The van der Waals surface area contributed by atoms with Gasteiger partial charge in [0.15, 0.2) is 0 Å². The third-order valence-electron chi connectivity index (χ3n) is 6.58. The lowest BCUT2D eigenvalue weighted by atomic mass is 9.61. The van der Waals surface area contributed by atoms with Crippen LogP contribution in [0.5, 0.6) is 0 Å². The summed E-state index contributed by atoms with van der Waals surface area (Å²) in [5, 5.41) is 10.1. The molecule has 1 aromatic rings. The molecule has 0 bridgehead atoms. The molecule has 1 N–H and O–H groups in total. The zero-order valence-electron chi connectivity index (χ0n) is 14.8. The first-order chi connectivity index (χ1) is 12.0. The summed E-state index contributed by atoms with van der Waals surface area (Å²) < 4.78 is 25.5. The smallest absolute Gasteiger partial charge is 0.211 e. The van der Waals surface area contributed by atoms with Gasteiger partial charge < -0.3 is 5.11 Å². The number of nitrogens with zero attached hydrogens (tertiary/aromatic N) is 2. The maximum Gasteiger partial charge on any atom is 0.211 e. The van der Waals surface area contributed by atoms with Gasteiger partial charge in [0.25, 0.3) is 0 Å². The Hall–Kier alpha value is -0.950. The highest BCUT2D eigenvalue weighted by Crippen LogP contribution is 2.54. The van der Waals surface area contributed by atoms with Crippen molar-refractivity contribution in [3.05, 3.63) is 35.9 Å². The molecule has 5 nitrogen and oxygen atoms in total. The molecule has 0 amide bonds. The minimum Gasteiger partial charge on any atom is -0.395 e. The van der Waals surface area contributed by atoms with Crippen molar-refractivity contribution < 1.29 is 13.5 Å². The number of hydrogen-bond acceptors (Lipinski definition) is 4.